The quantitative estimate of drug-likeness (QED) is 0.415. The SMILES string of the molecule is C=C1CCC2(C(C)C)OC2C1. The highest BCUT2D eigenvalue weighted by atomic mass is 16.6. The van der Waals surface area contributed by atoms with E-state index in [1.54, 1.807) is 0 Å². The fraction of sp³-hybridized carbons (Fsp3) is 0.800. The summed E-state index contributed by atoms with van der Waals surface area (Å²) in [5.74, 6) is 0.681. The van der Waals surface area contributed by atoms with Crippen LogP contribution in [-0.4, -0.2) is 11.7 Å². The number of hydrogen-bond acceptors (Lipinski definition) is 1. The van der Waals surface area contributed by atoms with Crippen LogP contribution in [0.15, 0.2) is 12.2 Å². The number of epoxide rings is 1. The molecule has 11 heavy (non-hydrogen) atoms. The van der Waals surface area contributed by atoms with Gasteiger partial charge in [-0.05, 0) is 25.2 Å². The number of ether oxygens (including phenoxy) is 1. The molecule has 0 radical (unpaired) electrons. The highest BCUT2D eigenvalue weighted by molar-refractivity contribution is 5.17. The summed E-state index contributed by atoms with van der Waals surface area (Å²) >= 11 is 0. The number of hydrogen-bond donors (Lipinski definition) is 0. The first-order chi connectivity index (χ1) is 5.15. The Morgan fingerprint density at radius 2 is 2.36 bits per heavy atom. The summed E-state index contributed by atoms with van der Waals surface area (Å²) in [7, 11) is 0. The highest BCUT2D eigenvalue weighted by Crippen LogP contribution is 2.53. The highest BCUT2D eigenvalue weighted by Gasteiger charge is 2.59. The fourth-order valence-corrected chi connectivity index (χ4v) is 2.20. The van der Waals surface area contributed by atoms with E-state index >= 15 is 0 Å². The zero-order chi connectivity index (χ0) is 8.06. The molecule has 1 saturated heterocycles. The van der Waals surface area contributed by atoms with Crippen molar-refractivity contribution in [1.82, 2.24) is 0 Å². The van der Waals surface area contributed by atoms with Crippen LogP contribution in [0.1, 0.15) is 33.1 Å². The predicted octanol–water partition coefficient (Wildman–Crippen LogP) is 2.52. The van der Waals surface area contributed by atoms with E-state index in [1.165, 1.54) is 18.4 Å². The molecule has 1 heterocycles. The Labute approximate surface area is 68.4 Å². The standard InChI is InChI=1S/C10H16O/c1-7(2)10-5-4-8(3)6-9(10)11-10/h7,9H,3-6H2,1-2H3. The molecule has 0 N–H and O–H groups in total. The monoisotopic (exact) mass is 152 g/mol. The van der Waals surface area contributed by atoms with Crippen molar-refractivity contribution in [3.63, 3.8) is 0 Å². The molecule has 2 unspecified atom stereocenters. The molecule has 0 bridgehead atoms. The topological polar surface area (TPSA) is 12.5 Å². The van der Waals surface area contributed by atoms with Crippen molar-refractivity contribution in [3.8, 4) is 0 Å². The van der Waals surface area contributed by atoms with E-state index in [0.29, 0.717) is 12.0 Å². The second-order valence-corrected chi connectivity index (χ2v) is 4.17. The van der Waals surface area contributed by atoms with Crippen molar-refractivity contribution in [3.05, 3.63) is 12.2 Å². The first kappa shape index (κ1) is 7.35. The molecule has 0 aromatic carbocycles. The van der Waals surface area contributed by atoms with E-state index in [1.807, 2.05) is 0 Å². The third-order valence-corrected chi connectivity index (χ3v) is 3.17. The van der Waals surface area contributed by atoms with Gasteiger partial charge in [0.1, 0.15) is 0 Å². The zero-order valence-corrected chi connectivity index (χ0v) is 7.39. The Morgan fingerprint density at radius 3 is 2.91 bits per heavy atom. The van der Waals surface area contributed by atoms with Gasteiger partial charge in [0.05, 0.1) is 11.7 Å². The minimum absolute atomic E-state index is 0.265. The summed E-state index contributed by atoms with van der Waals surface area (Å²) < 4.78 is 5.74. The van der Waals surface area contributed by atoms with Crippen LogP contribution in [0, 0.1) is 5.92 Å². The molecule has 0 spiro atoms. The lowest BCUT2D eigenvalue weighted by molar-refractivity contribution is 0.227. The third-order valence-electron chi connectivity index (χ3n) is 3.17. The molecule has 0 amide bonds. The van der Waals surface area contributed by atoms with Crippen LogP contribution in [0.2, 0.25) is 0 Å². The number of rotatable bonds is 1. The maximum Gasteiger partial charge on any atom is 0.0977 e. The molecular weight excluding hydrogens is 136 g/mol. The average molecular weight is 152 g/mol. The van der Waals surface area contributed by atoms with Gasteiger partial charge in [-0.2, -0.15) is 0 Å². The maximum atomic E-state index is 5.74. The second-order valence-electron chi connectivity index (χ2n) is 4.17. The molecule has 0 aromatic heterocycles. The van der Waals surface area contributed by atoms with Crippen LogP contribution in [0.3, 0.4) is 0 Å². The summed E-state index contributed by atoms with van der Waals surface area (Å²) in [5.41, 5.74) is 1.64. The summed E-state index contributed by atoms with van der Waals surface area (Å²) in [4.78, 5) is 0. The Morgan fingerprint density at radius 1 is 1.64 bits per heavy atom. The van der Waals surface area contributed by atoms with Crippen molar-refractivity contribution < 1.29 is 4.74 Å². The molecule has 1 aliphatic carbocycles. The van der Waals surface area contributed by atoms with Gasteiger partial charge in [-0.1, -0.05) is 26.0 Å². The van der Waals surface area contributed by atoms with Crippen LogP contribution in [0.5, 0.6) is 0 Å². The molecule has 2 rings (SSSR count). The summed E-state index contributed by atoms with van der Waals surface area (Å²) in [6.45, 7) is 8.52. The van der Waals surface area contributed by atoms with Gasteiger partial charge in [0, 0.05) is 0 Å². The van der Waals surface area contributed by atoms with Gasteiger partial charge in [0.2, 0.25) is 0 Å². The van der Waals surface area contributed by atoms with Gasteiger partial charge in [-0.3, -0.25) is 0 Å². The predicted molar refractivity (Wildman–Crippen MR) is 45.4 cm³/mol. The first-order valence-electron chi connectivity index (χ1n) is 4.49. The second kappa shape index (κ2) is 2.10. The van der Waals surface area contributed by atoms with Crippen molar-refractivity contribution in [1.29, 1.82) is 0 Å². The van der Waals surface area contributed by atoms with Crippen LogP contribution in [-0.2, 0) is 4.74 Å². The number of fused-ring (bicyclic) bond motifs is 1. The lowest BCUT2D eigenvalue weighted by atomic mass is 9.80. The van der Waals surface area contributed by atoms with Gasteiger partial charge in [-0.25, -0.2) is 0 Å². The van der Waals surface area contributed by atoms with E-state index < -0.39 is 0 Å². The molecule has 2 aliphatic rings. The Kier molecular flexibility index (Phi) is 1.40. The Balaban J connectivity index is 2.07. The summed E-state index contributed by atoms with van der Waals surface area (Å²) in [5, 5.41) is 0. The lowest BCUT2D eigenvalue weighted by Gasteiger charge is -2.21. The first-order valence-corrected chi connectivity index (χ1v) is 4.49. The van der Waals surface area contributed by atoms with Crippen LogP contribution >= 0.6 is 0 Å². The fourth-order valence-electron chi connectivity index (χ4n) is 2.20. The van der Waals surface area contributed by atoms with Gasteiger partial charge < -0.3 is 4.74 Å². The van der Waals surface area contributed by atoms with E-state index in [9.17, 15) is 0 Å². The molecule has 1 aliphatic heterocycles. The minimum atomic E-state index is 0.265. The average Bonchev–Trinajstić information content (AvgIpc) is 2.62. The Bertz CT molecular complexity index is 195. The smallest absolute Gasteiger partial charge is 0.0977 e. The summed E-state index contributed by atoms with van der Waals surface area (Å²) in [6.07, 6.45) is 4.00. The molecule has 2 fully saturated rings. The normalized spacial score (nSPS) is 42.5. The zero-order valence-electron chi connectivity index (χ0n) is 7.39. The molecule has 62 valence electrons. The van der Waals surface area contributed by atoms with Crippen molar-refractivity contribution in [2.45, 2.75) is 44.8 Å². The summed E-state index contributed by atoms with van der Waals surface area (Å²) in [6, 6.07) is 0. The molecule has 2 atom stereocenters. The van der Waals surface area contributed by atoms with Gasteiger partial charge in [0.15, 0.2) is 0 Å². The third kappa shape index (κ3) is 0.943. The van der Waals surface area contributed by atoms with E-state index in [2.05, 4.69) is 20.4 Å². The molecule has 1 saturated carbocycles. The van der Waals surface area contributed by atoms with Crippen molar-refractivity contribution >= 4 is 0 Å². The molecule has 1 nitrogen and oxygen atoms in total. The van der Waals surface area contributed by atoms with Crippen molar-refractivity contribution in [2.24, 2.45) is 5.92 Å². The van der Waals surface area contributed by atoms with Crippen LogP contribution < -0.4 is 0 Å². The van der Waals surface area contributed by atoms with Gasteiger partial charge >= 0.3 is 0 Å². The van der Waals surface area contributed by atoms with E-state index in [4.69, 9.17) is 4.74 Å². The van der Waals surface area contributed by atoms with E-state index in [0.717, 1.165) is 6.42 Å². The van der Waals surface area contributed by atoms with Crippen LogP contribution in [0.25, 0.3) is 0 Å². The molecule has 1 heteroatoms. The van der Waals surface area contributed by atoms with Gasteiger partial charge in [0.25, 0.3) is 0 Å². The lowest BCUT2D eigenvalue weighted by Crippen LogP contribution is -2.26. The maximum absolute atomic E-state index is 5.74. The van der Waals surface area contributed by atoms with Crippen LogP contribution in [0.4, 0.5) is 0 Å². The van der Waals surface area contributed by atoms with Gasteiger partial charge in [-0.15, -0.1) is 0 Å². The van der Waals surface area contributed by atoms with E-state index in [-0.39, 0.29) is 5.60 Å². The molecule has 0 aromatic rings. The van der Waals surface area contributed by atoms with Crippen molar-refractivity contribution in [2.75, 3.05) is 0 Å². The Hall–Kier alpha value is -0.300. The largest absolute Gasteiger partial charge is 0.365 e. The minimum Gasteiger partial charge on any atom is -0.365 e. The molecular formula is C10H16O.